The maximum atomic E-state index is 12.4. The summed E-state index contributed by atoms with van der Waals surface area (Å²) < 4.78 is 0. The number of imidazole rings is 1. The van der Waals surface area contributed by atoms with E-state index in [1.165, 1.54) is 0 Å². The number of aromatic nitrogens is 2. The van der Waals surface area contributed by atoms with Crippen LogP contribution in [0, 0.1) is 5.41 Å². The van der Waals surface area contributed by atoms with Crippen LogP contribution in [0.15, 0.2) is 24.4 Å². The average Bonchev–Trinajstić information content (AvgIpc) is 3.01. The van der Waals surface area contributed by atoms with Crippen molar-refractivity contribution in [1.82, 2.24) is 15.3 Å². The summed E-state index contributed by atoms with van der Waals surface area (Å²) in [6.07, 6.45) is 1.10. The van der Waals surface area contributed by atoms with Gasteiger partial charge in [-0.3, -0.25) is 14.9 Å². The monoisotopic (exact) mass is 378 g/mol. The molecule has 26 heavy (non-hydrogen) atoms. The van der Waals surface area contributed by atoms with E-state index in [0.717, 1.165) is 6.20 Å². The van der Waals surface area contributed by atoms with Crippen LogP contribution in [0.1, 0.15) is 47.2 Å². The zero-order valence-corrected chi connectivity index (χ0v) is 15.3. The van der Waals surface area contributed by atoms with E-state index in [4.69, 9.17) is 16.7 Å². The number of aromatic carboxylic acids is 1. The summed E-state index contributed by atoms with van der Waals surface area (Å²) in [5.41, 5.74) is 0.212. The summed E-state index contributed by atoms with van der Waals surface area (Å²) >= 11 is 6.08. The minimum absolute atomic E-state index is 0.00472. The number of halogens is 1. The molecule has 9 heteroatoms. The van der Waals surface area contributed by atoms with Gasteiger partial charge in [-0.2, -0.15) is 0 Å². The van der Waals surface area contributed by atoms with Crippen molar-refractivity contribution in [2.24, 2.45) is 5.41 Å². The van der Waals surface area contributed by atoms with E-state index in [9.17, 15) is 14.4 Å². The molecule has 1 aromatic carbocycles. The molecule has 1 heterocycles. The van der Waals surface area contributed by atoms with Gasteiger partial charge in [0, 0.05) is 12.0 Å². The first-order valence-electron chi connectivity index (χ1n) is 7.74. The Hall–Kier alpha value is -2.87. The SMILES string of the molecule is CC(C)(C)C(=O)NCc1ccc(Cl)c(C(=O)Nc2ncc(C(=O)O)[nH]2)c1. The molecule has 138 valence electrons. The first-order valence-corrected chi connectivity index (χ1v) is 8.12. The molecule has 4 N–H and O–H groups in total. The van der Waals surface area contributed by atoms with Crippen LogP contribution in [-0.2, 0) is 11.3 Å². The second-order valence-electron chi connectivity index (χ2n) is 6.65. The van der Waals surface area contributed by atoms with Crippen LogP contribution >= 0.6 is 11.6 Å². The highest BCUT2D eigenvalue weighted by atomic mass is 35.5. The second kappa shape index (κ2) is 7.57. The predicted molar refractivity (Wildman–Crippen MR) is 96.3 cm³/mol. The van der Waals surface area contributed by atoms with Crippen molar-refractivity contribution < 1.29 is 19.5 Å². The van der Waals surface area contributed by atoms with Crippen molar-refractivity contribution in [2.75, 3.05) is 5.32 Å². The van der Waals surface area contributed by atoms with Crippen LogP contribution in [0.5, 0.6) is 0 Å². The van der Waals surface area contributed by atoms with Crippen LogP contribution in [0.4, 0.5) is 5.95 Å². The van der Waals surface area contributed by atoms with Gasteiger partial charge < -0.3 is 15.4 Å². The van der Waals surface area contributed by atoms with Crippen molar-refractivity contribution in [3.05, 3.63) is 46.2 Å². The van der Waals surface area contributed by atoms with Crippen molar-refractivity contribution in [3.63, 3.8) is 0 Å². The van der Waals surface area contributed by atoms with E-state index < -0.39 is 17.3 Å². The van der Waals surface area contributed by atoms with E-state index in [2.05, 4.69) is 20.6 Å². The molecular weight excluding hydrogens is 360 g/mol. The van der Waals surface area contributed by atoms with Crippen molar-refractivity contribution >= 4 is 35.3 Å². The van der Waals surface area contributed by atoms with Crippen molar-refractivity contribution in [2.45, 2.75) is 27.3 Å². The third-order valence-corrected chi connectivity index (χ3v) is 3.78. The number of nitrogens with one attached hydrogen (secondary N) is 3. The van der Waals surface area contributed by atoms with Crippen LogP contribution in [0.25, 0.3) is 0 Å². The first kappa shape index (κ1) is 19.5. The minimum atomic E-state index is -1.19. The van der Waals surface area contributed by atoms with Crippen LogP contribution in [-0.4, -0.2) is 32.9 Å². The van der Waals surface area contributed by atoms with Gasteiger partial charge in [0.1, 0.15) is 5.69 Å². The van der Waals surface area contributed by atoms with Gasteiger partial charge in [-0.1, -0.05) is 38.4 Å². The number of H-pyrrole nitrogens is 1. The molecule has 0 radical (unpaired) electrons. The number of rotatable bonds is 5. The molecule has 0 bridgehead atoms. The fourth-order valence-corrected chi connectivity index (χ4v) is 2.18. The number of benzene rings is 1. The lowest BCUT2D eigenvalue weighted by atomic mass is 9.95. The minimum Gasteiger partial charge on any atom is -0.477 e. The molecule has 0 atom stereocenters. The van der Waals surface area contributed by atoms with Crippen LogP contribution < -0.4 is 10.6 Å². The first-order chi connectivity index (χ1) is 12.1. The maximum Gasteiger partial charge on any atom is 0.354 e. The van der Waals surface area contributed by atoms with E-state index in [1.807, 2.05) is 0 Å². The molecule has 2 amide bonds. The fourth-order valence-electron chi connectivity index (χ4n) is 1.97. The molecular formula is C17H19ClN4O4. The van der Waals surface area contributed by atoms with E-state index in [1.54, 1.807) is 39.0 Å². The summed E-state index contributed by atoms with van der Waals surface area (Å²) in [6, 6.07) is 4.82. The highest BCUT2D eigenvalue weighted by Crippen LogP contribution is 2.20. The number of carboxylic acids is 1. The van der Waals surface area contributed by atoms with E-state index in [0.29, 0.717) is 5.56 Å². The van der Waals surface area contributed by atoms with E-state index >= 15 is 0 Å². The number of anilines is 1. The Kier molecular flexibility index (Phi) is 5.66. The fraction of sp³-hybridized carbons (Fsp3) is 0.294. The Balaban J connectivity index is 2.11. The van der Waals surface area contributed by atoms with Crippen LogP contribution in [0.3, 0.4) is 0 Å². The normalized spacial score (nSPS) is 11.1. The number of aromatic amines is 1. The summed E-state index contributed by atoms with van der Waals surface area (Å²) in [6.45, 7) is 5.66. The molecule has 0 saturated heterocycles. The van der Waals surface area contributed by atoms with Crippen LogP contribution in [0.2, 0.25) is 5.02 Å². The zero-order valence-electron chi connectivity index (χ0n) is 14.5. The molecule has 0 unspecified atom stereocenters. The van der Waals surface area contributed by atoms with E-state index in [-0.39, 0.29) is 34.7 Å². The Morgan fingerprint density at radius 3 is 2.54 bits per heavy atom. The standard InChI is InChI=1S/C17H19ClN4O4/c1-17(2,3)15(26)19-7-9-4-5-11(18)10(6-9)13(23)22-16-20-8-12(21-16)14(24)25/h4-6,8H,7H2,1-3H3,(H,19,26)(H,24,25)(H2,20,21,22,23). The molecule has 0 aliphatic carbocycles. The van der Waals surface area contributed by atoms with Gasteiger partial charge in [0.05, 0.1) is 16.8 Å². The molecule has 0 aliphatic rings. The highest BCUT2D eigenvalue weighted by Gasteiger charge is 2.21. The topological polar surface area (TPSA) is 124 Å². The molecule has 8 nitrogen and oxygen atoms in total. The number of carbonyl (C=O) groups is 3. The summed E-state index contributed by atoms with van der Waals surface area (Å²) in [7, 11) is 0. The predicted octanol–water partition coefficient (Wildman–Crippen LogP) is 2.68. The summed E-state index contributed by atoms with van der Waals surface area (Å²) in [5, 5.41) is 14.3. The Bertz CT molecular complexity index is 855. The van der Waals surface area contributed by atoms with Gasteiger partial charge in [0.15, 0.2) is 0 Å². The lowest BCUT2D eigenvalue weighted by Gasteiger charge is -2.18. The smallest absolute Gasteiger partial charge is 0.354 e. The third kappa shape index (κ3) is 4.82. The third-order valence-electron chi connectivity index (χ3n) is 3.45. The quantitative estimate of drug-likeness (QED) is 0.636. The maximum absolute atomic E-state index is 12.4. The Labute approximate surface area is 155 Å². The molecule has 1 aromatic heterocycles. The number of carbonyl (C=O) groups excluding carboxylic acids is 2. The molecule has 0 spiro atoms. The summed E-state index contributed by atoms with van der Waals surface area (Å²) in [4.78, 5) is 41.4. The van der Waals surface area contributed by atoms with Crippen molar-refractivity contribution in [1.29, 1.82) is 0 Å². The number of hydrogen-bond donors (Lipinski definition) is 4. The molecule has 2 aromatic rings. The summed E-state index contributed by atoms with van der Waals surface area (Å²) in [5.74, 6) is -1.86. The lowest BCUT2D eigenvalue weighted by Crippen LogP contribution is -2.34. The van der Waals surface area contributed by atoms with Gasteiger partial charge >= 0.3 is 5.97 Å². The Morgan fingerprint density at radius 2 is 1.96 bits per heavy atom. The van der Waals surface area contributed by atoms with Gasteiger partial charge in [0.2, 0.25) is 11.9 Å². The highest BCUT2D eigenvalue weighted by molar-refractivity contribution is 6.34. The largest absolute Gasteiger partial charge is 0.477 e. The lowest BCUT2D eigenvalue weighted by molar-refractivity contribution is -0.128. The van der Waals surface area contributed by atoms with Crippen molar-refractivity contribution in [3.8, 4) is 0 Å². The number of carboxylic acid groups (broad SMARTS) is 1. The van der Waals surface area contributed by atoms with Gasteiger partial charge in [-0.25, -0.2) is 9.78 Å². The average molecular weight is 379 g/mol. The zero-order chi connectivity index (χ0) is 19.5. The number of amides is 2. The number of hydrogen-bond acceptors (Lipinski definition) is 4. The Morgan fingerprint density at radius 1 is 1.27 bits per heavy atom. The molecule has 0 aliphatic heterocycles. The molecule has 0 fully saturated rings. The second-order valence-corrected chi connectivity index (χ2v) is 7.06. The van der Waals surface area contributed by atoms with Gasteiger partial charge in [-0.15, -0.1) is 0 Å². The van der Waals surface area contributed by atoms with Gasteiger partial charge in [-0.05, 0) is 17.7 Å². The van der Waals surface area contributed by atoms with Gasteiger partial charge in [0.25, 0.3) is 5.91 Å². The molecule has 0 saturated carbocycles. The molecule has 2 rings (SSSR count). The number of nitrogens with zero attached hydrogens (tertiary/aromatic N) is 1.